The number of nitrogens with one attached hydrogen (secondary N) is 1. The lowest BCUT2D eigenvalue weighted by Gasteiger charge is -2.37. The highest BCUT2D eigenvalue weighted by Gasteiger charge is 2.40. The van der Waals surface area contributed by atoms with Crippen LogP contribution >= 0.6 is 0 Å². The van der Waals surface area contributed by atoms with Crippen LogP contribution in [-0.4, -0.2) is 63.5 Å². The van der Waals surface area contributed by atoms with E-state index >= 15 is 0 Å². The first kappa shape index (κ1) is 12.3. The van der Waals surface area contributed by atoms with Gasteiger partial charge in [-0.05, 0) is 26.9 Å². The normalized spacial score (nSPS) is 35.1. The summed E-state index contributed by atoms with van der Waals surface area (Å²) in [4.78, 5) is 2.21. The van der Waals surface area contributed by atoms with E-state index in [9.17, 15) is 0 Å². The lowest BCUT2D eigenvalue weighted by atomic mass is 9.90. The minimum absolute atomic E-state index is 0.0357. The highest BCUT2D eigenvalue weighted by Crippen LogP contribution is 2.32. The monoisotopic (exact) mass is 228 g/mol. The number of hydrogen-bond acceptors (Lipinski definition) is 4. The number of likely N-dealkylation sites (N-methyl/N-ethyl adjacent to an activating group) is 1. The Morgan fingerprint density at radius 1 is 1.38 bits per heavy atom. The molecule has 2 aliphatic heterocycles. The van der Waals surface area contributed by atoms with Crippen LogP contribution < -0.4 is 5.32 Å². The van der Waals surface area contributed by atoms with Gasteiger partial charge in [0.25, 0.3) is 0 Å². The van der Waals surface area contributed by atoms with E-state index in [-0.39, 0.29) is 5.60 Å². The third kappa shape index (κ3) is 3.17. The molecule has 2 saturated heterocycles. The van der Waals surface area contributed by atoms with Gasteiger partial charge < -0.3 is 19.7 Å². The van der Waals surface area contributed by atoms with Crippen molar-refractivity contribution in [3.8, 4) is 0 Å². The second-order valence-electron chi connectivity index (χ2n) is 5.28. The molecule has 94 valence electrons. The molecule has 0 aromatic carbocycles. The van der Waals surface area contributed by atoms with Crippen molar-refractivity contribution >= 4 is 0 Å². The molecule has 2 aliphatic rings. The molecular formula is C12H24N2O2. The molecule has 2 unspecified atom stereocenters. The molecule has 0 aliphatic carbocycles. The van der Waals surface area contributed by atoms with Gasteiger partial charge in [0.05, 0.1) is 12.2 Å². The van der Waals surface area contributed by atoms with Gasteiger partial charge in [0, 0.05) is 38.8 Å². The summed E-state index contributed by atoms with van der Waals surface area (Å²) in [6.45, 7) is 4.70. The maximum Gasteiger partial charge on any atom is 0.0951 e. The molecule has 2 rings (SSSR count). The molecule has 2 fully saturated rings. The third-order valence-corrected chi connectivity index (χ3v) is 3.55. The minimum Gasteiger partial charge on any atom is -0.378 e. The fourth-order valence-corrected chi connectivity index (χ4v) is 2.56. The summed E-state index contributed by atoms with van der Waals surface area (Å²) in [7, 11) is 4.22. The van der Waals surface area contributed by atoms with Crippen LogP contribution in [0.4, 0.5) is 0 Å². The molecule has 0 bridgehead atoms. The van der Waals surface area contributed by atoms with E-state index in [1.54, 1.807) is 0 Å². The largest absolute Gasteiger partial charge is 0.378 e. The zero-order valence-electron chi connectivity index (χ0n) is 10.5. The molecule has 0 amide bonds. The highest BCUT2D eigenvalue weighted by molar-refractivity contribution is 4.92. The zero-order valence-corrected chi connectivity index (χ0v) is 10.5. The van der Waals surface area contributed by atoms with Gasteiger partial charge in [0.1, 0.15) is 0 Å². The lowest BCUT2D eigenvalue weighted by Crippen LogP contribution is -2.48. The number of hydrogen-bond donors (Lipinski definition) is 1. The van der Waals surface area contributed by atoms with Crippen LogP contribution in [0.5, 0.6) is 0 Å². The van der Waals surface area contributed by atoms with Gasteiger partial charge >= 0.3 is 0 Å². The van der Waals surface area contributed by atoms with Gasteiger partial charge in [0.15, 0.2) is 0 Å². The van der Waals surface area contributed by atoms with Crippen LogP contribution in [0.15, 0.2) is 0 Å². The van der Waals surface area contributed by atoms with E-state index in [1.807, 2.05) is 0 Å². The molecule has 0 saturated carbocycles. The summed E-state index contributed by atoms with van der Waals surface area (Å²) in [6.07, 6.45) is 3.31. The van der Waals surface area contributed by atoms with E-state index in [0.717, 1.165) is 52.2 Å². The average Bonchev–Trinajstić information content (AvgIpc) is 2.66. The average molecular weight is 228 g/mol. The van der Waals surface area contributed by atoms with Gasteiger partial charge in [-0.3, -0.25) is 0 Å². The number of nitrogens with zero attached hydrogens (tertiary/aromatic N) is 1. The van der Waals surface area contributed by atoms with Gasteiger partial charge in [-0.2, -0.15) is 0 Å². The van der Waals surface area contributed by atoms with Gasteiger partial charge in [-0.15, -0.1) is 0 Å². The third-order valence-electron chi connectivity index (χ3n) is 3.55. The molecule has 0 aromatic rings. The first-order chi connectivity index (χ1) is 7.70. The zero-order chi connectivity index (χ0) is 11.4. The van der Waals surface area contributed by atoms with Crippen molar-refractivity contribution in [3.63, 3.8) is 0 Å². The molecule has 1 spiro atoms. The molecule has 4 nitrogen and oxygen atoms in total. The van der Waals surface area contributed by atoms with Crippen LogP contribution in [-0.2, 0) is 9.47 Å². The molecule has 0 aromatic heterocycles. The smallest absolute Gasteiger partial charge is 0.0951 e. The summed E-state index contributed by atoms with van der Waals surface area (Å²) in [5, 5.41) is 3.63. The predicted molar refractivity (Wildman–Crippen MR) is 63.7 cm³/mol. The summed E-state index contributed by atoms with van der Waals surface area (Å²) in [5.41, 5.74) is 0.0357. The SMILES string of the molecule is CN(C)CCNC1CCOC2(CCOC2)C1. The summed E-state index contributed by atoms with van der Waals surface area (Å²) >= 11 is 0. The van der Waals surface area contributed by atoms with Crippen molar-refractivity contribution in [2.24, 2.45) is 0 Å². The molecule has 16 heavy (non-hydrogen) atoms. The summed E-state index contributed by atoms with van der Waals surface area (Å²) in [5.74, 6) is 0. The molecule has 0 radical (unpaired) electrons. The Labute approximate surface area is 98.3 Å². The highest BCUT2D eigenvalue weighted by atomic mass is 16.6. The maximum absolute atomic E-state index is 5.91. The van der Waals surface area contributed by atoms with Crippen LogP contribution in [0.3, 0.4) is 0 Å². The number of ether oxygens (including phenoxy) is 2. The van der Waals surface area contributed by atoms with Crippen LogP contribution in [0.2, 0.25) is 0 Å². The van der Waals surface area contributed by atoms with Crippen LogP contribution in [0.25, 0.3) is 0 Å². The standard InChI is InChI=1S/C12H24N2O2/c1-14(2)6-5-13-11-3-7-16-12(9-11)4-8-15-10-12/h11,13H,3-10H2,1-2H3. The van der Waals surface area contributed by atoms with Crippen molar-refractivity contribution in [1.82, 2.24) is 10.2 Å². The van der Waals surface area contributed by atoms with Crippen LogP contribution in [0, 0.1) is 0 Å². The number of rotatable bonds is 4. The molecule has 2 atom stereocenters. The second kappa shape index (κ2) is 5.45. The molecule has 1 N–H and O–H groups in total. The first-order valence-corrected chi connectivity index (χ1v) is 6.30. The quantitative estimate of drug-likeness (QED) is 0.758. The van der Waals surface area contributed by atoms with E-state index in [1.165, 1.54) is 0 Å². The Morgan fingerprint density at radius 3 is 2.94 bits per heavy atom. The minimum atomic E-state index is 0.0357. The Morgan fingerprint density at radius 2 is 2.25 bits per heavy atom. The Hall–Kier alpha value is -0.160. The van der Waals surface area contributed by atoms with Crippen molar-refractivity contribution in [2.75, 3.05) is 47.0 Å². The Bertz CT molecular complexity index is 215. The maximum atomic E-state index is 5.91. The van der Waals surface area contributed by atoms with E-state index in [4.69, 9.17) is 9.47 Å². The fourth-order valence-electron chi connectivity index (χ4n) is 2.56. The Balaban J connectivity index is 1.74. The van der Waals surface area contributed by atoms with Crippen molar-refractivity contribution in [3.05, 3.63) is 0 Å². The van der Waals surface area contributed by atoms with E-state index in [0.29, 0.717) is 6.04 Å². The second-order valence-corrected chi connectivity index (χ2v) is 5.28. The van der Waals surface area contributed by atoms with Crippen molar-refractivity contribution in [1.29, 1.82) is 0 Å². The van der Waals surface area contributed by atoms with Crippen molar-refractivity contribution in [2.45, 2.75) is 30.9 Å². The van der Waals surface area contributed by atoms with E-state index < -0.39 is 0 Å². The molecule has 2 heterocycles. The summed E-state index contributed by atoms with van der Waals surface area (Å²) < 4.78 is 11.4. The predicted octanol–water partition coefficient (Wildman–Crippen LogP) is 0.476. The van der Waals surface area contributed by atoms with E-state index in [2.05, 4.69) is 24.3 Å². The summed E-state index contributed by atoms with van der Waals surface area (Å²) in [6, 6.07) is 0.607. The van der Waals surface area contributed by atoms with Gasteiger partial charge in [0.2, 0.25) is 0 Å². The van der Waals surface area contributed by atoms with Gasteiger partial charge in [-0.1, -0.05) is 0 Å². The Kier molecular flexibility index (Phi) is 4.19. The molecular weight excluding hydrogens is 204 g/mol. The topological polar surface area (TPSA) is 33.7 Å². The van der Waals surface area contributed by atoms with Crippen LogP contribution in [0.1, 0.15) is 19.3 Å². The van der Waals surface area contributed by atoms with Gasteiger partial charge in [-0.25, -0.2) is 0 Å². The first-order valence-electron chi connectivity index (χ1n) is 6.30. The van der Waals surface area contributed by atoms with Crippen molar-refractivity contribution < 1.29 is 9.47 Å². The fraction of sp³-hybridized carbons (Fsp3) is 1.00. The molecule has 4 heteroatoms. The lowest BCUT2D eigenvalue weighted by molar-refractivity contribution is -0.0892.